The molecule has 1 aliphatic rings. The molecule has 0 bridgehead atoms. The Hall–Kier alpha value is -1.51. The van der Waals surface area contributed by atoms with Crippen LogP contribution in [0.3, 0.4) is 0 Å². The zero-order valence-corrected chi connectivity index (χ0v) is 7.93. The fraction of sp³-hybridized carbons (Fsp3) is 0.364. The Morgan fingerprint density at radius 1 is 1.57 bits per heavy atom. The first-order valence-corrected chi connectivity index (χ1v) is 4.66. The Bertz CT molecular complexity index is 334. The van der Waals surface area contributed by atoms with Gasteiger partial charge in [-0.3, -0.25) is 4.79 Å². The average Bonchev–Trinajstić information content (AvgIpc) is 2.59. The lowest BCUT2D eigenvalue weighted by Crippen LogP contribution is -2.29. The third-order valence-corrected chi connectivity index (χ3v) is 2.62. The van der Waals surface area contributed by atoms with Crippen LogP contribution in [0.25, 0.3) is 0 Å². The second kappa shape index (κ2) is 3.33. The van der Waals surface area contributed by atoms with Gasteiger partial charge in [-0.25, -0.2) is 0 Å². The molecular formula is C11H12O3. The summed E-state index contributed by atoms with van der Waals surface area (Å²) in [4.78, 5) is 10.8. The molecule has 0 radical (unpaired) electrons. The lowest BCUT2D eigenvalue weighted by molar-refractivity contribution is -0.143. The van der Waals surface area contributed by atoms with Crippen LogP contribution in [0.15, 0.2) is 24.3 Å². The van der Waals surface area contributed by atoms with E-state index in [1.165, 1.54) is 0 Å². The van der Waals surface area contributed by atoms with Crippen molar-refractivity contribution in [2.45, 2.75) is 19.4 Å². The van der Waals surface area contributed by atoms with Crippen LogP contribution in [0.2, 0.25) is 0 Å². The summed E-state index contributed by atoms with van der Waals surface area (Å²) in [5.74, 6) is -0.434. The quantitative estimate of drug-likeness (QED) is 0.775. The highest BCUT2D eigenvalue weighted by Crippen LogP contribution is 2.31. The second-order valence-corrected chi connectivity index (χ2v) is 3.60. The Kier molecular flexibility index (Phi) is 2.15. The number of hydrogen-bond donors (Lipinski definition) is 1. The van der Waals surface area contributed by atoms with Crippen molar-refractivity contribution in [3.63, 3.8) is 0 Å². The smallest absolute Gasteiger partial charge is 0.309 e. The lowest BCUT2D eigenvalue weighted by atomic mass is 10.0. The molecule has 3 heteroatoms. The van der Waals surface area contributed by atoms with Crippen LogP contribution >= 0.6 is 0 Å². The van der Waals surface area contributed by atoms with Gasteiger partial charge in [0.15, 0.2) is 0 Å². The van der Waals surface area contributed by atoms with E-state index >= 15 is 0 Å². The number of ether oxygens (including phenoxy) is 1. The first kappa shape index (κ1) is 9.06. The van der Waals surface area contributed by atoms with Crippen molar-refractivity contribution in [1.29, 1.82) is 0 Å². The van der Waals surface area contributed by atoms with E-state index in [4.69, 9.17) is 9.84 Å². The van der Waals surface area contributed by atoms with Gasteiger partial charge >= 0.3 is 5.97 Å². The number of carboxylic acid groups (broad SMARTS) is 1. The molecule has 2 rings (SSSR count). The van der Waals surface area contributed by atoms with Gasteiger partial charge in [0.1, 0.15) is 11.9 Å². The average molecular weight is 192 g/mol. The van der Waals surface area contributed by atoms with Crippen molar-refractivity contribution >= 4 is 5.97 Å². The predicted octanol–water partition coefficient (Wildman–Crippen LogP) is 1.71. The highest BCUT2D eigenvalue weighted by Gasteiger charge is 2.31. The van der Waals surface area contributed by atoms with Gasteiger partial charge in [0, 0.05) is 6.42 Å². The molecule has 1 aliphatic heterocycles. The van der Waals surface area contributed by atoms with Crippen LogP contribution in [-0.2, 0) is 11.2 Å². The SMILES string of the molecule is C[C@H](C(=O)O)[C@@H]1Cc2ccccc2O1. The highest BCUT2D eigenvalue weighted by molar-refractivity contribution is 5.70. The highest BCUT2D eigenvalue weighted by atomic mass is 16.5. The molecule has 0 unspecified atom stereocenters. The van der Waals surface area contributed by atoms with Crippen LogP contribution in [0, 0.1) is 5.92 Å². The minimum atomic E-state index is -0.803. The van der Waals surface area contributed by atoms with E-state index in [0.717, 1.165) is 11.3 Å². The number of benzene rings is 1. The summed E-state index contributed by atoms with van der Waals surface area (Å²) in [6.07, 6.45) is 0.480. The third kappa shape index (κ3) is 1.45. The van der Waals surface area contributed by atoms with Crippen LogP contribution in [-0.4, -0.2) is 17.2 Å². The number of aliphatic carboxylic acids is 1. The summed E-state index contributed by atoms with van der Waals surface area (Å²) >= 11 is 0. The molecule has 1 N–H and O–H groups in total. The Morgan fingerprint density at radius 2 is 2.29 bits per heavy atom. The Labute approximate surface area is 82.3 Å². The predicted molar refractivity (Wildman–Crippen MR) is 51.4 cm³/mol. The number of para-hydroxylation sites is 1. The molecule has 2 atom stereocenters. The molecule has 0 saturated carbocycles. The number of carboxylic acids is 1. The number of rotatable bonds is 2. The minimum Gasteiger partial charge on any atom is -0.489 e. The summed E-state index contributed by atoms with van der Waals surface area (Å²) in [5.41, 5.74) is 1.10. The number of hydrogen-bond acceptors (Lipinski definition) is 2. The molecule has 3 nitrogen and oxygen atoms in total. The number of fused-ring (bicyclic) bond motifs is 1. The fourth-order valence-corrected chi connectivity index (χ4v) is 1.65. The van der Waals surface area contributed by atoms with Crippen LogP contribution in [0.4, 0.5) is 0 Å². The molecule has 0 saturated heterocycles. The summed E-state index contributed by atoms with van der Waals surface area (Å²) in [6, 6.07) is 7.69. The Morgan fingerprint density at radius 3 is 2.93 bits per heavy atom. The van der Waals surface area contributed by atoms with E-state index in [1.807, 2.05) is 24.3 Å². The second-order valence-electron chi connectivity index (χ2n) is 3.60. The normalized spacial score (nSPS) is 21.1. The van der Waals surface area contributed by atoms with Crippen molar-refractivity contribution in [1.82, 2.24) is 0 Å². The maximum absolute atomic E-state index is 10.8. The van der Waals surface area contributed by atoms with E-state index in [2.05, 4.69) is 0 Å². The topological polar surface area (TPSA) is 46.5 Å². The zero-order valence-electron chi connectivity index (χ0n) is 7.93. The van der Waals surface area contributed by atoms with Gasteiger partial charge in [0.25, 0.3) is 0 Å². The van der Waals surface area contributed by atoms with Gasteiger partial charge in [-0.05, 0) is 18.6 Å². The number of carbonyl (C=O) groups is 1. The van der Waals surface area contributed by atoms with Crippen LogP contribution < -0.4 is 4.74 Å². The summed E-state index contributed by atoms with van der Waals surface area (Å²) in [6.45, 7) is 1.68. The van der Waals surface area contributed by atoms with E-state index in [0.29, 0.717) is 6.42 Å². The van der Waals surface area contributed by atoms with Crippen molar-refractivity contribution in [3.8, 4) is 5.75 Å². The van der Waals surface area contributed by atoms with E-state index < -0.39 is 11.9 Å². The minimum absolute atomic E-state index is 0.218. The largest absolute Gasteiger partial charge is 0.489 e. The molecule has 14 heavy (non-hydrogen) atoms. The fourth-order valence-electron chi connectivity index (χ4n) is 1.65. The van der Waals surface area contributed by atoms with Crippen molar-refractivity contribution in [2.75, 3.05) is 0 Å². The molecule has 0 aliphatic carbocycles. The molecule has 1 aromatic rings. The third-order valence-electron chi connectivity index (χ3n) is 2.62. The standard InChI is InChI=1S/C11H12O3/c1-7(11(12)13)10-6-8-4-2-3-5-9(8)14-10/h2-5,7,10H,6H2,1H3,(H,12,13)/t7-,10-/m0/s1. The van der Waals surface area contributed by atoms with Gasteiger partial charge in [0.2, 0.25) is 0 Å². The Balaban J connectivity index is 2.15. The molecule has 0 fully saturated rings. The summed E-state index contributed by atoms with van der Waals surface area (Å²) in [5, 5.41) is 8.84. The first-order chi connectivity index (χ1) is 6.68. The molecule has 74 valence electrons. The molecular weight excluding hydrogens is 180 g/mol. The van der Waals surface area contributed by atoms with Crippen LogP contribution in [0.1, 0.15) is 12.5 Å². The molecule has 1 aromatic carbocycles. The summed E-state index contributed by atoms with van der Waals surface area (Å²) < 4.78 is 5.55. The zero-order chi connectivity index (χ0) is 10.1. The van der Waals surface area contributed by atoms with Crippen molar-refractivity contribution in [2.24, 2.45) is 5.92 Å². The van der Waals surface area contributed by atoms with E-state index in [9.17, 15) is 4.79 Å². The van der Waals surface area contributed by atoms with Gasteiger partial charge in [-0.2, -0.15) is 0 Å². The van der Waals surface area contributed by atoms with Crippen molar-refractivity contribution in [3.05, 3.63) is 29.8 Å². The lowest BCUT2D eigenvalue weighted by Gasteiger charge is -2.14. The van der Waals surface area contributed by atoms with E-state index in [-0.39, 0.29) is 6.10 Å². The van der Waals surface area contributed by atoms with Crippen LogP contribution in [0.5, 0.6) is 5.75 Å². The van der Waals surface area contributed by atoms with Crippen molar-refractivity contribution < 1.29 is 14.6 Å². The monoisotopic (exact) mass is 192 g/mol. The maximum Gasteiger partial charge on any atom is 0.309 e. The van der Waals surface area contributed by atoms with E-state index in [1.54, 1.807) is 6.92 Å². The van der Waals surface area contributed by atoms with Gasteiger partial charge in [-0.1, -0.05) is 18.2 Å². The molecule has 0 aromatic heterocycles. The van der Waals surface area contributed by atoms with Gasteiger partial charge in [-0.15, -0.1) is 0 Å². The van der Waals surface area contributed by atoms with Gasteiger partial charge < -0.3 is 9.84 Å². The maximum atomic E-state index is 10.8. The molecule has 0 amide bonds. The summed E-state index contributed by atoms with van der Waals surface area (Å²) in [7, 11) is 0. The molecule has 0 spiro atoms. The molecule has 1 heterocycles. The van der Waals surface area contributed by atoms with Gasteiger partial charge in [0.05, 0.1) is 5.92 Å². The first-order valence-electron chi connectivity index (χ1n) is 4.66.